The van der Waals surface area contributed by atoms with Crippen molar-refractivity contribution < 1.29 is 4.74 Å². The maximum absolute atomic E-state index is 6.12. The molecule has 2 aromatic rings. The van der Waals surface area contributed by atoms with Crippen LogP contribution in [0, 0.1) is 0 Å². The maximum Gasteiger partial charge on any atom is 0.157 e. The summed E-state index contributed by atoms with van der Waals surface area (Å²) in [5.74, 6) is 0.906. The molecule has 17 heavy (non-hydrogen) atoms. The van der Waals surface area contributed by atoms with Crippen molar-refractivity contribution >= 4 is 33.0 Å². The fourth-order valence-corrected chi connectivity index (χ4v) is 3.37. The Morgan fingerprint density at radius 3 is 2.94 bits per heavy atom. The van der Waals surface area contributed by atoms with E-state index in [0.29, 0.717) is 0 Å². The zero-order valence-corrected chi connectivity index (χ0v) is 11.7. The highest BCUT2D eigenvalue weighted by Gasteiger charge is 2.29. The Labute approximate surface area is 113 Å². The number of hydrogen-bond acceptors (Lipinski definition) is 3. The van der Waals surface area contributed by atoms with Crippen LogP contribution < -0.4 is 10.1 Å². The van der Waals surface area contributed by atoms with Crippen LogP contribution in [0.25, 0.3) is 0 Å². The van der Waals surface area contributed by atoms with Crippen molar-refractivity contribution in [1.82, 2.24) is 0 Å². The first-order chi connectivity index (χ1) is 8.25. The summed E-state index contributed by atoms with van der Waals surface area (Å²) < 4.78 is 7.12. The number of hydrogen-bond donors (Lipinski definition) is 1. The molecule has 1 aliphatic heterocycles. The molecule has 2 unspecified atom stereocenters. The van der Waals surface area contributed by atoms with Crippen LogP contribution in [0.3, 0.4) is 0 Å². The number of fused-ring (bicyclic) bond motifs is 1. The largest absolute Gasteiger partial charge is 0.479 e. The van der Waals surface area contributed by atoms with Crippen molar-refractivity contribution in [1.29, 1.82) is 0 Å². The van der Waals surface area contributed by atoms with E-state index < -0.39 is 0 Å². The van der Waals surface area contributed by atoms with Crippen LogP contribution in [-0.2, 0) is 0 Å². The van der Waals surface area contributed by atoms with Gasteiger partial charge in [0.15, 0.2) is 11.9 Å². The molecule has 1 N–H and O–H groups in total. The van der Waals surface area contributed by atoms with Crippen LogP contribution in [0.5, 0.6) is 5.75 Å². The monoisotopic (exact) mass is 309 g/mol. The first-order valence-corrected chi connectivity index (χ1v) is 7.18. The van der Waals surface area contributed by atoms with E-state index in [9.17, 15) is 0 Å². The standard InChI is InChI=1S/C13H12BrNOS/c1-8-12(11-6-3-7-17-11)16-13-9(14)4-2-5-10(13)15-8/h2-8,12,15H,1H3. The van der Waals surface area contributed by atoms with Gasteiger partial charge in [0, 0.05) is 4.88 Å². The van der Waals surface area contributed by atoms with Gasteiger partial charge in [0.2, 0.25) is 0 Å². The lowest BCUT2D eigenvalue weighted by Gasteiger charge is -2.33. The lowest BCUT2D eigenvalue weighted by molar-refractivity contribution is 0.180. The van der Waals surface area contributed by atoms with Gasteiger partial charge in [-0.05, 0) is 46.4 Å². The lowest BCUT2D eigenvalue weighted by Crippen LogP contribution is -2.32. The van der Waals surface area contributed by atoms with E-state index in [4.69, 9.17) is 4.74 Å². The van der Waals surface area contributed by atoms with Crippen molar-refractivity contribution in [2.24, 2.45) is 0 Å². The minimum absolute atomic E-state index is 0.0844. The summed E-state index contributed by atoms with van der Waals surface area (Å²) in [4.78, 5) is 1.26. The fraction of sp³-hybridized carbons (Fsp3) is 0.231. The van der Waals surface area contributed by atoms with Crippen molar-refractivity contribution in [3.05, 3.63) is 45.1 Å². The van der Waals surface area contributed by atoms with Gasteiger partial charge < -0.3 is 10.1 Å². The van der Waals surface area contributed by atoms with Crippen LogP contribution in [0.1, 0.15) is 17.9 Å². The molecule has 0 radical (unpaired) electrons. The first-order valence-electron chi connectivity index (χ1n) is 5.51. The molecule has 0 saturated carbocycles. The zero-order valence-electron chi connectivity index (χ0n) is 9.31. The highest BCUT2D eigenvalue weighted by atomic mass is 79.9. The summed E-state index contributed by atoms with van der Waals surface area (Å²) >= 11 is 5.26. The Hall–Kier alpha value is -1.00. The van der Waals surface area contributed by atoms with Gasteiger partial charge in [-0.3, -0.25) is 0 Å². The minimum atomic E-state index is 0.0844. The average Bonchev–Trinajstić information content (AvgIpc) is 2.82. The molecule has 1 aliphatic rings. The number of benzene rings is 1. The number of anilines is 1. The third-order valence-corrected chi connectivity index (χ3v) is 4.43. The molecule has 2 heterocycles. The van der Waals surface area contributed by atoms with E-state index in [1.807, 2.05) is 18.2 Å². The highest BCUT2D eigenvalue weighted by molar-refractivity contribution is 9.10. The summed E-state index contributed by atoms with van der Waals surface area (Å²) in [5.41, 5.74) is 1.06. The molecule has 4 heteroatoms. The van der Waals surface area contributed by atoms with Crippen molar-refractivity contribution in [2.75, 3.05) is 5.32 Å². The molecule has 0 fully saturated rings. The smallest absolute Gasteiger partial charge is 0.157 e. The van der Waals surface area contributed by atoms with Crippen LogP contribution in [-0.4, -0.2) is 6.04 Å². The third-order valence-electron chi connectivity index (χ3n) is 2.87. The van der Waals surface area contributed by atoms with Gasteiger partial charge >= 0.3 is 0 Å². The molecule has 1 aromatic heterocycles. The van der Waals surface area contributed by atoms with E-state index >= 15 is 0 Å². The third kappa shape index (κ3) is 1.96. The summed E-state index contributed by atoms with van der Waals surface area (Å²) in [6, 6.07) is 10.5. The predicted molar refractivity (Wildman–Crippen MR) is 74.9 cm³/mol. The quantitative estimate of drug-likeness (QED) is 0.840. The number of para-hydroxylation sites is 1. The Morgan fingerprint density at radius 2 is 2.18 bits per heavy atom. The number of ether oxygens (including phenoxy) is 1. The Kier molecular flexibility index (Phi) is 2.84. The number of thiophene rings is 1. The van der Waals surface area contributed by atoms with Crippen LogP contribution in [0.4, 0.5) is 5.69 Å². The molecule has 2 nitrogen and oxygen atoms in total. The Morgan fingerprint density at radius 1 is 1.29 bits per heavy atom. The second-order valence-electron chi connectivity index (χ2n) is 4.10. The van der Waals surface area contributed by atoms with Crippen LogP contribution >= 0.6 is 27.3 Å². The van der Waals surface area contributed by atoms with Gasteiger partial charge in [-0.25, -0.2) is 0 Å². The van der Waals surface area contributed by atoms with Crippen molar-refractivity contribution in [2.45, 2.75) is 19.1 Å². The van der Waals surface area contributed by atoms with E-state index in [1.165, 1.54) is 4.88 Å². The minimum Gasteiger partial charge on any atom is -0.479 e. The van der Waals surface area contributed by atoms with E-state index in [1.54, 1.807) is 11.3 Å². The van der Waals surface area contributed by atoms with Gasteiger partial charge in [0.05, 0.1) is 16.2 Å². The predicted octanol–water partition coefficient (Wildman–Crippen LogP) is 4.44. The Bertz CT molecular complexity index is 526. The molecular weight excluding hydrogens is 298 g/mol. The summed E-state index contributed by atoms with van der Waals surface area (Å²) in [6.07, 6.45) is 0.0844. The average molecular weight is 310 g/mol. The van der Waals surface area contributed by atoms with Gasteiger partial charge in [-0.2, -0.15) is 0 Å². The molecule has 0 amide bonds. The summed E-state index contributed by atoms with van der Waals surface area (Å²) in [7, 11) is 0. The van der Waals surface area contributed by atoms with Gasteiger partial charge in [0.25, 0.3) is 0 Å². The lowest BCUT2D eigenvalue weighted by atomic mass is 10.1. The van der Waals surface area contributed by atoms with Gasteiger partial charge in [-0.1, -0.05) is 12.1 Å². The molecule has 88 valence electrons. The number of rotatable bonds is 1. The van der Waals surface area contributed by atoms with Crippen molar-refractivity contribution in [3.8, 4) is 5.75 Å². The number of halogens is 1. The second kappa shape index (κ2) is 4.35. The van der Waals surface area contributed by atoms with E-state index in [-0.39, 0.29) is 12.1 Å². The normalized spacial score (nSPS) is 22.5. The van der Waals surface area contributed by atoms with E-state index in [0.717, 1.165) is 15.9 Å². The number of nitrogens with one attached hydrogen (secondary N) is 1. The molecule has 0 spiro atoms. The summed E-state index contributed by atoms with van der Waals surface area (Å²) in [5, 5.41) is 5.57. The highest BCUT2D eigenvalue weighted by Crippen LogP contribution is 2.42. The molecule has 0 bridgehead atoms. The SMILES string of the molecule is CC1Nc2cccc(Br)c2OC1c1cccs1. The van der Waals surface area contributed by atoms with Gasteiger partial charge in [-0.15, -0.1) is 11.3 Å². The molecule has 1 aromatic carbocycles. The molecule has 2 atom stereocenters. The van der Waals surface area contributed by atoms with Gasteiger partial charge in [0.1, 0.15) is 0 Å². The van der Waals surface area contributed by atoms with E-state index in [2.05, 4.69) is 45.7 Å². The zero-order chi connectivity index (χ0) is 11.8. The van der Waals surface area contributed by atoms with Crippen LogP contribution in [0.2, 0.25) is 0 Å². The molecule has 0 aliphatic carbocycles. The molecule has 0 saturated heterocycles. The fourth-order valence-electron chi connectivity index (χ4n) is 2.05. The first kappa shape index (κ1) is 11.1. The topological polar surface area (TPSA) is 21.3 Å². The molecule has 3 rings (SSSR count). The summed E-state index contributed by atoms with van der Waals surface area (Å²) in [6.45, 7) is 2.15. The maximum atomic E-state index is 6.12. The second-order valence-corrected chi connectivity index (χ2v) is 5.94. The van der Waals surface area contributed by atoms with Crippen molar-refractivity contribution in [3.63, 3.8) is 0 Å². The van der Waals surface area contributed by atoms with Crippen LogP contribution in [0.15, 0.2) is 40.2 Å². The molecular formula is C13H12BrNOS. The Balaban J connectivity index is 2.00.